The number of fused-ring (bicyclic) bond motifs is 1. The Bertz CT molecular complexity index is 282. The predicted molar refractivity (Wildman–Crippen MR) is 48.3 cm³/mol. The summed E-state index contributed by atoms with van der Waals surface area (Å²) in [5.41, 5.74) is -0.0747. The van der Waals surface area contributed by atoms with Crippen LogP contribution in [0.2, 0.25) is 0 Å². The molecule has 3 rings (SSSR count). The summed E-state index contributed by atoms with van der Waals surface area (Å²) in [5.74, 6) is 0.471. The highest BCUT2D eigenvalue weighted by Gasteiger charge is 2.52. The molecule has 0 amide bonds. The van der Waals surface area contributed by atoms with Gasteiger partial charge in [-0.1, -0.05) is 12.2 Å². The Kier molecular flexibility index (Phi) is 1.46. The Morgan fingerprint density at radius 2 is 2.38 bits per heavy atom. The molecule has 2 aliphatic heterocycles. The van der Waals surface area contributed by atoms with Crippen LogP contribution < -0.4 is 0 Å². The monoisotopic (exact) mass is 178 g/mol. The standard InChI is InChI=1S/C11H14O2/c12-10-5-7-11-6-4-8(13-11)2-1-3-9(10)11/h1,3,8-9H,2,4-7H2/t8-,9-,11-/m1/s1. The minimum absolute atomic E-state index is 0.0747. The lowest BCUT2D eigenvalue weighted by Crippen LogP contribution is -2.33. The van der Waals surface area contributed by atoms with Crippen molar-refractivity contribution in [1.29, 1.82) is 0 Å². The first-order valence-electron chi connectivity index (χ1n) is 5.17. The highest BCUT2D eigenvalue weighted by atomic mass is 16.5. The first kappa shape index (κ1) is 7.74. The van der Waals surface area contributed by atoms with Crippen molar-refractivity contribution in [3.05, 3.63) is 12.2 Å². The van der Waals surface area contributed by atoms with E-state index in [1.165, 1.54) is 0 Å². The summed E-state index contributed by atoms with van der Waals surface area (Å²) >= 11 is 0. The average molecular weight is 178 g/mol. The number of rotatable bonds is 0. The van der Waals surface area contributed by atoms with Crippen molar-refractivity contribution in [2.45, 2.75) is 43.8 Å². The molecule has 3 aliphatic rings. The van der Waals surface area contributed by atoms with E-state index in [9.17, 15) is 4.79 Å². The minimum Gasteiger partial charge on any atom is -0.370 e. The Labute approximate surface area is 78.0 Å². The number of ether oxygens (including phenoxy) is 1. The van der Waals surface area contributed by atoms with Gasteiger partial charge in [-0.25, -0.2) is 0 Å². The molecule has 70 valence electrons. The quantitative estimate of drug-likeness (QED) is 0.529. The topological polar surface area (TPSA) is 26.3 Å². The maximum atomic E-state index is 11.6. The molecule has 2 bridgehead atoms. The van der Waals surface area contributed by atoms with Gasteiger partial charge in [0.15, 0.2) is 0 Å². The van der Waals surface area contributed by atoms with Crippen molar-refractivity contribution >= 4 is 5.78 Å². The average Bonchev–Trinajstić information content (AvgIpc) is 2.56. The Morgan fingerprint density at radius 3 is 3.31 bits per heavy atom. The molecule has 3 atom stereocenters. The molecule has 0 radical (unpaired) electrons. The highest BCUT2D eigenvalue weighted by Crippen LogP contribution is 2.48. The molecule has 2 nitrogen and oxygen atoms in total. The van der Waals surface area contributed by atoms with Crippen LogP contribution in [-0.4, -0.2) is 17.5 Å². The summed E-state index contributed by atoms with van der Waals surface area (Å²) in [5, 5.41) is 0. The van der Waals surface area contributed by atoms with E-state index in [-0.39, 0.29) is 11.5 Å². The second-order valence-corrected chi connectivity index (χ2v) is 4.45. The lowest BCUT2D eigenvalue weighted by atomic mass is 9.86. The van der Waals surface area contributed by atoms with Gasteiger partial charge in [0.05, 0.1) is 17.6 Å². The highest BCUT2D eigenvalue weighted by molar-refractivity contribution is 5.86. The maximum absolute atomic E-state index is 11.6. The summed E-state index contributed by atoms with van der Waals surface area (Å²) < 4.78 is 6.02. The van der Waals surface area contributed by atoms with Gasteiger partial charge in [0, 0.05) is 6.42 Å². The largest absolute Gasteiger partial charge is 0.370 e. The van der Waals surface area contributed by atoms with Crippen LogP contribution >= 0.6 is 0 Å². The number of ketones is 1. The molecule has 0 aromatic carbocycles. The van der Waals surface area contributed by atoms with Crippen molar-refractivity contribution in [2.75, 3.05) is 0 Å². The fraction of sp³-hybridized carbons (Fsp3) is 0.727. The Morgan fingerprint density at radius 1 is 1.46 bits per heavy atom. The molecule has 0 unspecified atom stereocenters. The van der Waals surface area contributed by atoms with Gasteiger partial charge in [0.2, 0.25) is 0 Å². The zero-order chi connectivity index (χ0) is 8.89. The zero-order valence-electron chi connectivity index (χ0n) is 7.66. The van der Waals surface area contributed by atoms with E-state index in [1.807, 2.05) is 0 Å². The van der Waals surface area contributed by atoms with Crippen LogP contribution in [0, 0.1) is 5.92 Å². The Hall–Kier alpha value is -0.630. The molecule has 2 fully saturated rings. The van der Waals surface area contributed by atoms with Crippen LogP contribution in [0.4, 0.5) is 0 Å². The number of carbonyl (C=O) groups excluding carboxylic acids is 1. The Balaban J connectivity index is 2.03. The molecule has 13 heavy (non-hydrogen) atoms. The zero-order valence-corrected chi connectivity index (χ0v) is 7.66. The minimum atomic E-state index is -0.0747. The third-order valence-electron chi connectivity index (χ3n) is 3.73. The van der Waals surface area contributed by atoms with Gasteiger partial charge in [0.25, 0.3) is 0 Å². The molecule has 0 aromatic rings. The van der Waals surface area contributed by atoms with E-state index >= 15 is 0 Å². The van der Waals surface area contributed by atoms with E-state index in [0.717, 1.165) is 32.1 Å². The number of hydrogen-bond acceptors (Lipinski definition) is 2. The van der Waals surface area contributed by atoms with E-state index in [4.69, 9.17) is 4.74 Å². The molecule has 2 heterocycles. The van der Waals surface area contributed by atoms with Crippen LogP contribution in [-0.2, 0) is 9.53 Å². The van der Waals surface area contributed by atoms with E-state index in [0.29, 0.717) is 11.9 Å². The smallest absolute Gasteiger partial charge is 0.142 e. The first-order chi connectivity index (χ1) is 6.30. The van der Waals surface area contributed by atoms with Gasteiger partial charge >= 0.3 is 0 Å². The summed E-state index contributed by atoms with van der Waals surface area (Å²) in [7, 11) is 0. The lowest BCUT2D eigenvalue weighted by molar-refractivity contribution is -0.123. The van der Waals surface area contributed by atoms with Crippen molar-refractivity contribution in [3.8, 4) is 0 Å². The normalized spacial score (nSPS) is 47.8. The summed E-state index contributed by atoms with van der Waals surface area (Å²) in [6, 6.07) is 0. The van der Waals surface area contributed by atoms with Gasteiger partial charge < -0.3 is 4.74 Å². The number of carbonyl (C=O) groups is 1. The molecule has 0 N–H and O–H groups in total. The molecular weight excluding hydrogens is 164 g/mol. The maximum Gasteiger partial charge on any atom is 0.142 e. The third-order valence-corrected chi connectivity index (χ3v) is 3.73. The van der Waals surface area contributed by atoms with Gasteiger partial charge in [-0.15, -0.1) is 0 Å². The molecular formula is C11H14O2. The molecule has 2 heteroatoms. The third kappa shape index (κ3) is 0.953. The van der Waals surface area contributed by atoms with E-state index < -0.39 is 0 Å². The molecule has 1 saturated carbocycles. The fourth-order valence-electron chi connectivity index (χ4n) is 3.02. The molecule has 1 spiro atoms. The summed E-state index contributed by atoms with van der Waals surface area (Å²) in [6.07, 6.45) is 9.55. The van der Waals surface area contributed by atoms with Gasteiger partial charge in [-0.3, -0.25) is 4.79 Å². The van der Waals surface area contributed by atoms with E-state index in [1.54, 1.807) is 0 Å². The lowest BCUT2D eigenvalue weighted by Gasteiger charge is -2.26. The first-order valence-corrected chi connectivity index (χ1v) is 5.17. The van der Waals surface area contributed by atoms with Crippen molar-refractivity contribution in [2.24, 2.45) is 5.92 Å². The fourth-order valence-corrected chi connectivity index (χ4v) is 3.02. The van der Waals surface area contributed by atoms with Crippen LogP contribution in [0.5, 0.6) is 0 Å². The molecule has 0 aromatic heterocycles. The SMILES string of the molecule is O=C1CC[C@]23CC[C@@H](CC=C[C@H]12)O3. The number of Topliss-reactive ketones (excluding diaryl/α,β-unsaturated/α-hetero) is 1. The van der Waals surface area contributed by atoms with Crippen LogP contribution in [0.3, 0.4) is 0 Å². The van der Waals surface area contributed by atoms with Crippen molar-refractivity contribution in [3.63, 3.8) is 0 Å². The molecule has 1 aliphatic carbocycles. The van der Waals surface area contributed by atoms with Gasteiger partial charge in [-0.2, -0.15) is 0 Å². The van der Waals surface area contributed by atoms with Crippen LogP contribution in [0.1, 0.15) is 32.1 Å². The van der Waals surface area contributed by atoms with Gasteiger partial charge in [0.1, 0.15) is 5.78 Å². The predicted octanol–water partition coefficient (Wildman–Crippen LogP) is 1.84. The summed E-state index contributed by atoms with van der Waals surface area (Å²) in [4.78, 5) is 11.6. The molecule has 1 saturated heterocycles. The van der Waals surface area contributed by atoms with Crippen molar-refractivity contribution in [1.82, 2.24) is 0 Å². The van der Waals surface area contributed by atoms with Crippen LogP contribution in [0.15, 0.2) is 12.2 Å². The second kappa shape index (κ2) is 2.44. The van der Waals surface area contributed by atoms with Crippen LogP contribution in [0.25, 0.3) is 0 Å². The van der Waals surface area contributed by atoms with Gasteiger partial charge in [-0.05, 0) is 25.7 Å². The summed E-state index contributed by atoms with van der Waals surface area (Å²) in [6.45, 7) is 0. The number of hydrogen-bond donors (Lipinski definition) is 0. The second-order valence-electron chi connectivity index (χ2n) is 4.45. The van der Waals surface area contributed by atoms with Crippen molar-refractivity contribution < 1.29 is 9.53 Å². The van der Waals surface area contributed by atoms with E-state index in [2.05, 4.69) is 12.2 Å².